The molecule has 0 aromatic carbocycles. The van der Waals surface area contributed by atoms with Gasteiger partial charge in [-0.25, -0.2) is 0 Å². The van der Waals surface area contributed by atoms with Crippen molar-refractivity contribution in [3.8, 4) is 6.07 Å². The Balaban J connectivity index is 3.03. The van der Waals surface area contributed by atoms with Crippen molar-refractivity contribution in [2.75, 3.05) is 18.0 Å². The maximum atomic E-state index is 10.9. The van der Waals surface area contributed by atoms with Gasteiger partial charge in [0.05, 0.1) is 16.9 Å². The minimum Gasteiger partial charge on any atom is -0.348 e. The number of aromatic nitrogens is 2. The van der Waals surface area contributed by atoms with Gasteiger partial charge in [-0.2, -0.15) is 5.26 Å². The van der Waals surface area contributed by atoms with E-state index in [2.05, 4.69) is 11.2 Å². The Kier molecular flexibility index (Phi) is 4.04. The molecule has 7 heteroatoms. The molecule has 0 aliphatic heterocycles. The summed E-state index contributed by atoms with van der Waals surface area (Å²) in [5.74, 6) is 0.124. The lowest BCUT2D eigenvalue weighted by molar-refractivity contribution is -0.384. The molecule has 0 aliphatic carbocycles. The first kappa shape index (κ1) is 13.0. The molecular formula is C10H15N5O2. The van der Waals surface area contributed by atoms with Crippen LogP contribution in [-0.4, -0.2) is 27.8 Å². The molecule has 0 amide bonds. The van der Waals surface area contributed by atoms with Crippen LogP contribution in [-0.2, 0) is 7.05 Å². The number of nitriles is 1. The lowest BCUT2D eigenvalue weighted by Gasteiger charge is -2.20. The van der Waals surface area contributed by atoms with Crippen LogP contribution in [0.5, 0.6) is 0 Å². The third-order valence-corrected chi connectivity index (χ3v) is 2.38. The van der Waals surface area contributed by atoms with Crippen molar-refractivity contribution in [1.82, 2.24) is 9.78 Å². The SMILES string of the molecule is CCN(CC(C)C#N)c1nn(C)cc1[N+](=O)[O-]. The largest absolute Gasteiger partial charge is 0.348 e. The van der Waals surface area contributed by atoms with E-state index in [4.69, 9.17) is 5.26 Å². The Labute approximate surface area is 99.4 Å². The fourth-order valence-electron chi connectivity index (χ4n) is 1.55. The Morgan fingerprint density at radius 3 is 2.88 bits per heavy atom. The van der Waals surface area contributed by atoms with E-state index in [1.807, 2.05) is 6.92 Å². The molecule has 0 saturated heterocycles. The second kappa shape index (κ2) is 5.30. The van der Waals surface area contributed by atoms with Crippen LogP contribution in [0.4, 0.5) is 11.5 Å². The molecule has 0 spiro atoms. The molecular weight excluding hydrogens is 222 g/mol. The monoisotopic (exact) mass is 237 g/mol. The zero-order valence-corrected chi connectivity index (χ0v) is 10.1. The number of aryl methyl sites for hydroxylation is 1. The summed E-state index contributed by atoms with van der Waals surface area (Å²) in [5, 5.41) is 23.7. The van der Waals surface area contributed by atoms with Crippen molar-refractivity contribution < 1.29 is 4.92 Å². The molecule has 1 aromatic rings. The van der Waals surface area contributed by atoms with Gasteiger partial charge in [0.1, 0.15) is 6.20 Å². The van der Waals surface area contributed by atoms with Gasteiger partial charge in [0.25, 0.3) is 0 Å². The quantitative estimate of drug-likeness (QED) is 0.569. The van der Waals surface area contributed by atoms with Gasteiger partial charge in [-0.05, 0) is 13.8 Å². The van der Waals surface area contributed by atoms with Crippen LogP contribution in [0.1, 0.15) is 13.8 Å². The topological polar surface area (TPSA) is 88.0 Å². The molecule has 92 valence electrons. The number of rotatable bonds is 5. The van der Waals surface area contributed by atoms with Crippen LogP contribution in [0, 0.1) is 27.4 Å². The van der Waals surface area contributed by atoms with E-state index >= 15 is 0 Å². The first-order chi connectivity index (χ1) is 7.99. The zero-order chi connectivity index (χ0) is 13.0. The van der Waals surface area contributed by atoms with Crippen LogP contribution >= 0.6 is 0 Å². The van der Waals surface area contributed by atoms with Crippen molar-refractivity contribution in [3.05, 3.63) is 16.3 Å². The highest BCUT2D eigenvalue weighted by atomic mass is 16.6. The number of nitro groups is 1. The standard InChI is InChI=1S/C10H15N5O2/c1-4-14(6-8(2)5-11)10-9(15(16)17)7-13(3)12-10/h7-8H,4,6H2,1-3H3. The third-order valence-electron chi connectivity index (χ3n) is 2.38. The Morgan fingerprint density at radius 1 is 1.76 bits per heavy atom. The number of nitrogens with zero attached hydrogens (tertiary/aromatic N) is 5. The van der Waals surface area contributed by atoms with E-state index < -0.39 is 4.92 Å². The van der Waals surface area contributed by atoms with E-state index in [-0.39, 0.29) is 11.6 Å². The summed E-state index contributed by atoms with van der Waals surface area (Å²) < 4.78 is 1.41. The van der Waals surface area contributed by atoms with Crippen LogP contribution in [0.15, 0.2) is 6.20 Å². The lowest BCUT2D eigenvalue weighted by atomic mass is 10.2. The smallest absolute Gasteiger partial charge is 0.330 e. The third kappa shape index (κ3) is 2.93. The molecule has 0 bridgehead atoms. The van der Waals surface area contributed by atoms with Crippen molar-refractivity contribution in [2.45, 2.75) is 13.8 Å². The molecule has 7 nitrogen and oxygen atoms in total. The molecule has 0 saturated carbocycles. The summed E-state index contributed by atoms with van der Waals surface area (Å²) in [6.45, 7) is 4.66. The first-order valence-electron chi connectivity index (χ1n) is 5.32. The maximum Gasteiger partial charge on any atom is 0.330 e. The summed E-state index contributed by atoms with van der Waals surface area (Å²) in [4.78, 5) is 12.2. The molecule has 1 atom stereocenters. The second-order valence-electron chi connectivity index (χ2n) is 3.84. The highest BCUT2D eigenvalue weighted by Gasteiger charge is 2.24. The molecule has 1 aromatic heterocycles. The number of hydrogen-bond acceptors (Lipinski definition) is 5. The zero-order valence-electron chi connectivity index (χ0n) is 10.1. The molecule has 17 heavy (non-hydrogen) atoms. The highest BCUT2D eigenvalue weighted by molar-refractivity contribution is 5.56. The maximum absolute atomic E-state index is 10.9. The Bertz CT molecular complexity index is 448. The highest BCUT2D eigenvalue weighted by Crippen LogP contribution is 2.26. The molecule has 0 N–H and O–H groups in total. The Morgan fingerprint density at radius 2 is 2.41 bits per heavy atom. The molecule has 0 radical (unpaired) electrons. The van der Waals surface area contributed by atoms with Crippen molar-refractivity contribution in [1.29, 1.82) is 5.26 Å². The van der Waals surface area contributed by atoms with Crippen LogP contribution in [0.3, 0.4) is 0 Å². The molecule has 1 heterocycles. The molecule has 1 unspecified atom stereocenters. The van der Waals surface area contributed by atoms with E-state index in [0.29, 0.717) is 18.9 Å². The van der Waals surface area contributed by atoms with Gasteiger partial charge < -0.3 is 4.90 Å². The van der Waals surface area contributed by atoms with E-state index in [1.54, 1.807) is 18.9 Å². The van der Waals surface area contributed by atoms with Gasteiger partial charge in [0.2, 0.25) is 5.82 Å². The van der Waals surface area contributed by atoms with Gasteiger partial charge in [0.15, 0.2) is 0 Å². The van der Waals surface area contributed by atoms with Crippen LogP contribution in [0.2, 0.25) is 0 Å². The summed E-state index contributed by atoms with van der Waals surface area (Å²) in [6, 6.07) is 2.11. The summed E-state index contributed by atoms with van der Waals surface area (Å²) in [6.07, 6.45) is 1.37. The predicted octanol–water partition coefficient (Wildman–Crippen LogP) is 1.31. The Hall–Kier alpha value is -2.10. The average molecular weight is 237 g/mol. The van der Waals surface area contributed by atoms with E-state index in [9.17, 15) is 10.1 Å². The molecule has 1 rings (SSSR count). The van der Waals surface area contributed by atoms with Crippen molar-refractivity contribution in [3.63, 3.8) is 0 Å². The van der Waals surface area contributed by atoms with Gasteiger partial charge in [-0.1, -0.05) is 0 Å². The fourth-order valence-corrected chi connectivity index (χ4v) is 1.55. The average Bonchev–Trinajstić information content (AvgIpc) is 2.67. The minimum absolute atomic E-state index is 0.0283. The minimum atomic E-state index is -0.456. The van der Waals surface area contributed by atoms with Gasteiger partial charge in [-0.15, -0.1) is 5.10 Å². The molecule has 0 aliphatic rings. The lowest BCUT2D eigenvalue weighted by Crippen LogP contribution is -2.28. The number of anilines is 1. The summed E-state index contributed by atoms with van der Waals surface area (Å²) >= 11 is 0. The normalized spacial score (nSPS) is 11.9. The first-order valence-corrected chi connectivity index (χ1v) is 5.32. The van der Waals surface area contributed by atoms with Gasteiger partial charge in [0, 0.05) is 20.1 Å². The number of hydrogen-bond donors (Lipinski definition) is 0. The predicted molar refractivity (Wildman–Crippen MR) is 62.5 cm³/mol. The second-order valence-corrected chi connectivity index (χ2v) is 3.84. The van der Waals surface area contributed by atoms with E-state index in [0.717, 1.165) is 0 Å². The van der Waals surface area contributed by atoms with Gasteiger partial charge >= 0.3 is 5.69 Å². The summed E-state index contributed by atoms with van der Waals surface area (Å²) in [7, 11) is 1.64. The van der Waals surface area contributed by atoms with Gasteiger partial charge in [-0.3, -0.25) is 14.8 Å². The van der Waals surface area contributed by atoms with Crippen LogP contribution < -0.4 is 4.90 Å². The van der Waals surface area contributed by atoms with E-state index in [1.165, 1.54) is 10.9 Å². The fraction of sp³-hybridized carbons (Fsp3) is 0.600. The molecule has 0 fully saturated rings. The van der Waals surface area contributed by atoms with Crippen molar-refractivity contribution >= 4 is 11.5 Å². The van der Waals surface area contributed by atoms with Crippen molar-refractivity contribution in [2.24, 2.45) is 13.0 Å². The summed E-state index contributed by atoms with van der Waals surface area (Å²) in [5.41, 5.74) is -0.0283. The van der Waals surface area contributed by atoms with Crippen LogP contribution in [0.25, 0.3) is 0 Å².